The Bertz CT molecular complexity index is 556. The molecule has 0 fully saturated rings. The molecular weight excluding hydrogens is 203 g/mol. The van der Waals surface area contributed by atoms with Gasteiger partial charge in [0, 0.05) is 5.39 Å². The van der Waals surface area contributed by atoms with Crippen LogP contribution in [0.2, 0.25) is 0 Å². The lowest BCUT2D eigenvalue weighted by atomic mass is 10.2. The zero-order valence-corrected chi connectivity index (χ0v) is 7.35. The third-order valence-corrected chi connectivity index (χ3v) is 1.98. The lowest BCUT2D eigenvalue weighted by molar-refractivity contribution is -0.388. The zero-order valence-electron chi connectivity index (χ0n) is 7.35. The molecule has 0 saturated heterocycles. The summed E-state index contributed by atoms with van der Waals surface area (Å²) in [7, 11) is 0. The SMILES string of the molecule is O=[N+]([O-])c1c(F)nc2ccccc2c1O. The summed E-state index contributed by atoms with van der Waals surface area (Å²) < 4.78 is 13.1. The average Bonchev–Trinajstić information content (AvgIpc) is 2.17. The number of hydrogen-bond donors (Lipinski definition) is 1. The van der Waals surface area contributed by atoms with Crippen LogP contribution in [0.5, 0.6) is 5.75 Å². The summed E-state index contributed by atoms with van der Waals surface area (Å²) in [6.45, 7) is 0. The number of rotatable bonds is 1. The molecule has 76 valence electrons. The molecule has 0 radical (unpaired) electrons. The van der Waals surface area contributed by atoms with E-state index < -0.39 is 22.3 Å². The minimum Gasteiger partial charge on any atom is -0.501 e. The van der Waals surface area contributed by atoms with Crippen LogP contribution in [0.3, 0.4) is 0 Å². The van der Waals surface area contributed by atoms with Crippen LogP contribution in [0.25, 0.3) is 10.9 Å². The van der Waals surface area contributed by atoms with E-state index in [1.165, 1.54) is 12.1 Å². The highest BCUT2D eigenvalue weighted by Crippen LogP contribution is 2.34. The van der Waals surface area contributed by atoms with Gasteiger partial charge in [-0.3, -0.25) is 10.1 Å². The molecule has 0 aliphatic heterocycles. The predicted molar refractivity (Wildman–Crippen MR) is 50.0 cm³/mol. The molecule has 0 bridgehead atoms. The molecule has 0 spiro atoms. The van der Waals surface area contributed by atoms with Crippen LogP contribution in [0.15, 0.2) is 24.3 Å². The van der Waals surface area contributed by atoms with Gasteiger partial charge in [0.1, 0.15) is 0 Å². The largest absolute Gasteiger partial charge is 0.501 e. The summed E-state index contributed by atoms with van der Waals surface area (Å²) in [6.07, 6.45) is 0. The van der Waals surface area contributed by atoms with Crippen LogP contribution in [0, 0.1) is 16.1 Å². The molecule has 1 aromatic heterocycles. The molecule has 1 heterocycles. The topological polar surface area (TPSA) is 76.3 Å². The first-order chi connectivity index (χ1) is 7.11. The second-order valence-corrected chi connectivity index (χ2v) is 2.87. The Labute approximate surface area is 82.9 Å². The molecule has 0 aliphatic carbocycles. The van der Waals surface area contributed by atoms with E-state index in [1.807, 2.05) is 0 Å². The number of aromatic hydroxyl groups is 1. The van der Waals surface area contributed by atoms with Crippen LogP contribution in [-0.2, 0) is 0 Å². The van der Waals surface area contributed by atoms with E-state index >= 15 is 0 Å². The Morgan fingerprint density at radius 1 is 1.40 bits per heavy atom. The molecule has 15 heavy (non-hydrogen) atoms. The van der Waals surface area contributed by atoms with Gasteiger partial charge in [-0.1, -0.05) is 12.1 Å². The molecule has 2 rings (SSSR count). The maximum absolute atomic E-state index is 13.1. The minimum absolute atomic E-state index is 0.158. The fourth-order valence-electron chi connectivity index (χ4n) is 1.32. The zero-order chi connectivity index (χ0) is 11.0. The molecule has 1 N–H and O–H groups in total. The average molecular weight is 208 g/mol. The number of hydrogen-bond acceptors (Lipinski definition) is 4. The Kier molecular flexibility index (Phi) is 1.96. The highest BCUT2D eigenvalue weighted by atomic mass is 19.1. The van der Waals surface area contributed by atoms with Gasteiger partial charge in [-0.05, 0) is 12.1 Å². The van der Waals surface area contributed by atoms with Crippen molar-refractivity contribution in [3.63, 3.8) is 0 Å². The molecule has 1 aromatic carbocycles. The standard InChI is InChI=1S/C9H5FN2O3/c10-9-7(12(14)15)8(13)5-3-1-2-4-6(5)11-9/h1-4H,(H,11,13). The fraction of sp³-hybridized carbons (Fsp3) is 0. The Hall–Kier alpha value is -2.24. The van der Waals surface area contributed by atoms with Crippen molar-refractivity contribution in [1.29, 1.82) is 0 Å². The van der Waals surface area contributed by atoms with Crippen molar-refractivity contribution >= 4 is 16.6 Å². The highest BCUT2D eigenvalue weighted by molar-refractivity contribution is 5.88. The molecular formula is C9H5FN2O3. The molecule has 6 heteroatoms. The van der Waals surface area contributed by atoms with Gasteiger partial charge in [0.05, 0.1) is 10.4 Å². The van der Waals surface area contributed by atoms with E-state index in [4.69, 9.17) is 0 Å². The second kappa shape index (κ2) is 3.16. The molecule has 0 saturated carbocycles. The normalized spacial score (nSPS) is 10.5. The van der Waals surface area contributed by atoms with Crippen LogP contribution < -0.4 is 0 Å². The van der Waals surface area contributed by atoms with Gasteiger partial charge in [-0.15, -0.1) is 0 Å². The second-order valence-electron chi connectivity index (χ2n) is 2.87. The monoisotopic (exact) mass is 208 g/mol. The predicted octanol–water partition coefficient (Wildman–Crippen LogP) is 1.99. The van der Waals surface area contributed by atoms with Gasteiger partial charge in [0.25, 0.3) is 5.95 Å². The summed E-state index contributed by atoms with van der Waals surface area (Å²) in [5, 5.41) is 20.1. The number of pyridine rings is 1. The first kappa shape index (κ1) is 9.32. The maximum Gasteiger partial charge on any atom is 0.365 e. The summed E-state index contributed by atoms with van der Waals surface area (Å²) in [4.78, 5) is 12.8. The van der Waals surface area contributed by atoms with E-state index in [1.54, 1.807) is 12.1 Å². The van der Waals surface area contributed by atoms with Crippen molar-refractivity contribution in [2.45, 2.75) is 0 Å². The quantitative estimate of drug-likeness (QED) is 0.441. The Balaban J connectivity index is 2.90. The summed E-state index contributed by atoms with van der Waals surface area (Å²) in [5.41, 5.74) is -0.813. The van der Waals surface area contributed by atoms with Crippen LogP contribution in [0.4, 0.5) is 10.1 Å². The number of halogens is 1. The first-order valence-electron chi connectivity index (χ1n) is 4.03. The van der Waals surface area contributed by atoms with E-state index in [9.17, 15) is 19.6 Å². The fourth-order valence-corrected chi connectivity index (χ4v) is 1.32. The molecule has 0 amide bonds. The Morgan fingerprint density at radius 3 is 2.73 bits per heavy atom. The smallest absolute Gasteiger partial charge is 0.365 e. The number of benzene rings is 1. The molecule has 5 nitrogen and oxygen atoms in total. The lowest BCUT2D eigenvalue weighted by Crippen LogP contribution is -1.96. The number of aromatic nitrogens is 1. The van der Waals surface area contributed by atoms with Crippen LogP contribution in [0.1, 0.15) is 0 Å². The van der Waals surface area contributed by atoms with E-state index in [2.05, 4.69) is 4.98 Å². The van der Waals surface area contributed by atoms with Crippen molar-refractivity contribution in [3.05, 3.63) is 40.3 Å². The first-order valence-corrected chi connectivity index (χ1v) is 4.03. The minimum atomic E-state index is -1.28. The van der Waals surface area contributed by atoms with Crippen molar-refractivity contribution in [1.82, 2.24) is 4.98 Å². The third kappa shape index (κ3) is 1.35. The van der Waals surface area contributed by atoms with E-state index in [-0.39, 0.29) is 10.9 Å². The van der Waals surface area contributed by atoms with E-state index in [0.717, 1.165) is 0 Å². The van der Waals surface area contributed by atoms with Crippen molar-refractivity contribution in [3.8, 4) is 5.75 Å². The van der Waals surface area contributed by atoms with Gasteiger partial charge < -0.3 is 5.11 Å². The van der Waals surface area contributed by atoms with Crippen molar-refractivity contribution in [2.75, 3.05) is 0 Å². The van der Waals surface area contributed by atoms with Crippen molar-refractivity contribution < 1.29 is 14.4 Å². The highest BCUT2D eigenvalue weighted by Gasteiger charge is 2.24. The van der Waals surface area contributed by atoms with Crippen molar-refractivity contribution in [2.24, 2.45) is 0 Å². The van der Waals surface area contributed by atoms with Gasteiger partial charge in [0.15, 0.2) is 0 Å². The van der Waals surface area contributed by atoms with Gasteiger partial charge in [0.2, 0.25) is 5.75 Å². The third-order valence-electron chi connectivity index (χ3n) is 1.98. The van der Waals surface area contributed by atoms with E-state index in [0.29, 0.717) is 0 Å². The lowest BCUT2D eigenvalue weighted by Gasteiger charge is -2.01. The number of para-hydroxylation sites is 1. The number of nitro groups is 1. The molecule has 0 aliphatic rings. The van der Waals surface area contributed by atoms with Gasteiger partial charge in [-0.2, -0.15) is 4.39 Å². The Morgan fingerprint density at radius 2 is 2.07 bits per heavy atom. The molecule has 2 aromatic rings. The molecule has 0 unspecified atom stereocenters. The van der Waals surface area contributed by atoms with Gasteiger partial charge >= 0.3 is 5.69 Å². The van der Waals surface area contributed by atoms with Gasteiger partial charge in [-0.25, -0.2) is 4.98 Å². The number of fused-ring (bicyclic) bond motifs is 1. The maximum atomic E-state index is 13.1. The molecule has 0 atom stereocenters. The number of nitrogens with zero attached hydrogens (tertiary/aromatic N) is 2. The summed E-state index contributed by atoms with van der Waals surface area (Å²) in [6, 6.07) is 6.07. The summed E-state index contributed by atoms with van der Waals surface area (Å²) in [5.74, 6) is -1.97. The van der Waals surface area contributed by atoms with Crippen LogP contribution >= 0.6 is 0 Å². The van der Waals surface area contributed by atoms with Crippen LogP contribution in [-0.4, -0.2) is 15.0 Å². The summed E-state index contributed by atoms with van der Waals surface area (Å²) >= 11 is 0.